The number of benzene rings is 1. The van der Waals surface area contributed by atoms with Crippen molar-refractivity contribution in [3.05, 3.63) is 29.3 Å². The van der Waals surface area contributed by atoms with Gasteiger partial charge in [0.1, 0.15) is 0 Å². The van der Waals surface area contributed by atoms with E-state index < -0.39 is 11.6 Å². The first-order chi connectivity index (χ1) is 9.28. The number of aryl methyl sites for hydroxylation is 1. The van der Waals surface area contributed by atoms with Gasteiger partial charge in [0.25, 0.3) is 0 Å². The Morgan fingerprint density at radius 3 is 2.65 bits per heavy atom. The number of carbonyl (C=O) groups excluding carboxylic acids is 1. The maximum Gasteiger partial charge on any atom is 0.335 e. The molecule has 1 heterocycles. The van der Waals surface area contributed by atoms with E-state index in [1.54, 1.807) is 19.9 Å². The lowest BCUT2D eigenvalue weighted by molar-refractivity contribution is 0.0696. The van der Waals surface area contributed by atoms with Crippen molar-refractivity contribution in [1.82, 2.24) is 4.90 Å². The Morgan fingerprint density at radius 2 is 2.10 bits per heavy atom. The number of anilines is 1. The molecule has 20 heavy (non-hydrogen) atoms. The summed E-state index contributed by atoms with van der Waals surface area (Å²) in [7, 11) is 0. The van der Waals surface area contributed by atoms with Crippen LogP contribution in [0.3, 0.4) is 0 Å². The molecule has 1 fully saturated rings. The maximum absolute atomic E-state index is 12.1. The topological polar surface area (TPSA) is 89.9 Å². The highest BCUT2D eigenvalue weighted by atomic mass is 16.4. The van der Waals surface area contributed by atoms with Gasteiger partial charge in [0, 0.05) is 12.2 Å². The van der Waals surface area contributed by atoms with Crippen LogP contribution in [0.25, 0.3) is 0 Å². The van der Waals surface area contributed by atoms with E-state index in [9.17, 15) is 14.7 Å². The third kappa shape index (κ3) is 3.08. The standard InChI is InChI=1S/C14H18N2O4/c1-9-3-4-10(12(17)18)7-11(9)15-13(19)16-6-5-14(2,20)8-16/h3-4,7,20H,5-6,8H2,1-2H3,(H,15,19)(H,17,18). The fourth-order valence-electron chi connectivity index (χ4n) is 2.20. The molecule has 1 aliphatic heterocycles. The SMILES string of the molecule is Cc1ccc(C(=O)O)cc1NC(=O)N1CCC(C)(O)C1. The highest BCUT2D eigenvalue weighted by Gasteiger charge is 2.34. The van der Waals surface area contributed by atoms with E-state index in [1.807, 2.05) is 0 Å². The van der Waals surface area contributed by atoms with Crippen LogP contribution in [0.5, 0.6) is 0 Å². The molecule has 1 unspecified atom stereocenters. The summed E-state index contributed by atoms with van der Waals surface area (Å²) in [6.07, 6.45) is 0.536. The molecule has 3 N–H and O–H groups in total. The van der Waals surface area contributed by atoms with Gasteiger partial charge >= 0.3 is 12.0 Å². The smallest absolute Gasteiger partial charge is 0.335 e. The number of urea groups is 1. The molecule has 1 atom stereocenters. The summed E-state index contributed by atoms with van der Waals surface area (Å²) in [6, 6.07) is 4.25. The van der Waals surface area contributed by atoms with Crippen LogP contribution in [0.1, 0.15) is 29.3 Å². The lowest BCUT2D eigenvalue weighted by Gasteiger charge is -2.20. The third-order valence-corrected chi connectivity index (χ3v) is 3.47. The monoisotopic (exact) mass is 278 g/mol. The molecule has 2 rings (SSSR count). The van der Waals surface area contributed by atoms with Gasteiger partial charge in [-0.15, -0.1) is 0 Å². The quantitative estimate of drug-likeness (QED) is 0.767. The molecular weight excluding hydrogens is 260 g/mol. The average Bonchev–Trinajstić information content (AvgIpc) is 2.72. The molecule has 1 aromatic rings. The van der Waals surface area contributed by atoms with Crippen LogP contribution in [0.2, 0.25) is 0 Å². The molecule has 2 amide bonds. The molecule has 0 aliphatic carbocycles. The largest absolute Gasteiger partial charge is 0.478 e. The average molecular weight is 278 g/mol. The summed E-state index contributed by atoms with van der Waals surface area (Å²) in [5.41, 5.74) is 0.532. The molecule has 1 saturated heterocycles. The third-order valence-electron chi connectivity index (χ3n) is 3.47. The fraction of sp³-hybridized carbons (Fsp3) is 0.429. The number of nitrogens with zero attached hydrogens (tertiary/aromatic N) is 1. The predicted molar refractivity (Wildman–Crippen MR) is 74.0 cm³/mol. The second-order valence-corrected chi connectivity index (χ2v) is 5.43. The van der Waals surface area contributed by atoms with E-state index >= 15 is 0 Å². The highest BCUT2D eigenvalue weighted by Crippen LogP contribution is 2.22. The number of likely N-dealkylation sites (tertiary alicyclic amines) is 1. The van der Waals surface area contributed by atoms with Crippen molar-refractivity contribution in [3.8, 4) is 0 Å². The Morgan fingerprint density at radius 1 is 1.40 bits per heavy atom. The van der Waals surface area contributed by atoms with Gasteiger partial charge in [0.05, 0.1) is 17.7 Å². The number of aliphatic hydroxyl groups is 1. The van der Waals surface area contributed by atoms with Crippen molar-refractivity contribution < 1.29 is 19.8 Å². The summed E-state index contributed by atoms with van der Waals surface area (Å²) >= 11 is 0. The molecule has 0 spiro atoms. The molecule has 6 heteroatoms. The van der Waals surface area contributed by atoms with E-state index in [-0.39, 0.29) is 18.1 Å². The van der Waals surface area contributed by atoms with Crippen LogP contribution in [-0.4, -0.2) is 45.8 Å². The minimum absolute atomic E-state index is 0.124. The van der Waals surface area contributed by atoms with Gasteiger partial charge < -0.3 is 20.4 Å². The Balaban J connectivity index is 2.12. The lowest BCUT2D eigenvalue weighted by atomic mass is 10.1. The Bertz CT molecular complexity index is 554. The van der Waals surface area contributed by atoms with Crippen molar-refractivity contribution >= 4 is 17.7 Å². The second kappa shape index (κ2) is 5.13. The zero-order valence-electron chi connectivity index (χ0n) is 11.5. The summed E-state index contributed by atoms with van der Waals surface area (Å²) in [5.74, 6) is -1.04. The number of nitrogens with one attached hydrogen (secondary N) is 1. The fourth-order valence-corrected chi connectivity index (χ4v) is 2.20. The Hall–Kier alpha value is -2.08. The Kier molecular flexibility index (Phi) is 3.67. The first-order valence-electron chi connectivity index (χ1n) is 6.41. The number of rotatable bonds is 2. The number of aromatic carboxylic acids is 1. The van der Waals surface area contributed by atoms with E-state index in [2.05, 4.69) is 5.32 Å². The van der Waals surface area contributed by atoms with Gasteiger partial charge in [-0.05, 0) is 38.0 Å². The van der Waals surface area contributed by atoms with Crippen LogP contribution < -0.4 is 5.32 Å². The first kappa shape index (κ1) is 14.3. The minimum Gasteiger partial charge on any atom is -0.478 e. The van der Waals surface area contributed by atoms with Crippen molar-refractivity contribution in [2.45, 2.75) is 25.9 Å². The molecule has 0 bridgehead atoms. The second-order valence-electron chi connectivity index (χ2n) is 5.43. The van der Waals surface area contributed by atoms with Crippen LogP contribution in [0, 0.1) is 6.92 Å². The first-order valence-corrected chi connectivity index (χ1v) is 6.41. The van der Waals surface area contributed by atoms with E-state index in [0.29, 0.717) is 18.7 Å². The van der Waals surface area contributed by atoms with E-state index in [0.717, 1.165) is 5.56 Å². The minimum atomic E-state index is -1.04. The number of hydrogen-bond acceptors (Lipinski definition) is 3. The zero-order valence-corrected chi connectivity index (χ0v) is 11.5. The van der Waals surface area contributed by atoms with Crippen molar-refractivity contribution in [1.29, 1.82) is 0 Å². The normalized spacial score (nSPS) is 21.9. The van der Waals surface area contributed by atoms with Gasteiger partial charge in [-0.3, -0.25) is 0 Å². The molecule has 1 aromatic carbocycles. The highest BCUT2D eigenvalue weighted by molar-refractivity contribution is 5.94. The molecule has 0 saturated carbocycles. The maximum atomic E-state index is 12.1. The molecule has 1 aliphatic rings. The molecule has 6 nitrogen and oxygen atoms in total. The zero-order chi connectivity index (χ0) is 14.9. The lowest BCUT2D eigenvalue weighted by Crippen LogP contribution is -2.36. The van der Waals surface area contributed by atoms with Gasteiger partial charge in [-0.25, -0.2) is 9.59 Å². The van der Waals surface area contributed by atoms with E-state index in [1.165, 1.54) is 17.0 Å². The van der Waals surface area contributed by atoms with Crippen molar-refractivity contribution in [2.24, 2.45) is 0 Å². The van der Waals surface area contributed by atoms with Crippen molar-refractivity contribution in [3.63, 3.8) is 0 Å². The Labute approximate surface area is 117 Å². The van der Waals surface area contributed by atoms with Gasteiger partial charge in [0.15, 0.2) is 0 Å². The van der Waals surface area contributed by atoms with Gasteiger partial charge in [-0.2, -0.15) is 0 Å². The van der Waals surface area contributed by atoms with Gasteiger partial charge in [0.2, 0.25) is 0 Å². The van der Waals surface area contributed by atoms with Gasteiger partial charge in [-0.1, -0.05) is 6.07 Å². The number of hydrogen-bond donors (Lipinski definition) is 3. The summed E-state index contributed by atoms with van der Waals surface area (Å²) in [4.78, 5) is 24.5. The summed E-state index contributed by atoms with van der Waals surface area (Å²) in [5, 5.41) is 21.5. The number of carboxylic acids is 1. The van der Waals surface area contributed by atoms with Crippen LogP contribution in [-0.2, 0) is 0 Å². The number of carboxylic acid groups (broad SMARTS) is 1. The van der Waals surface area contributed by atoms with Crippen LogP contribution >= 0.6 is 0 Å². The number of β-amino-alcohol motifs (C(OH)–C–C–N with tert-alkyl or cyclic N) is 1. The predicted octanol–water partition coefficient (Wildman–Crippen LogP) is 1.68. The number of carbonyl (C=O) groups is 2. The molecule has 0 aromatic heterocycles. The van der Waals surface area contributed by atoms with Crippen LogP contribution in [0.4, 0.5) is 10.5 Å². The van der Waals surface area contributed by atoms with E-state index in [4.69, 9.17) is 5.11 Å². The summed E-state index contributed by atoms with van der Waals surface area (Å²) in [6.45, 7) is 4.24. The number of amides is 2. The molecule has 108 valence electrons. The molecule has 0 radical (unpaired) electrons. The van der Waals surface area contributed by atoms with Crippen molar-refractivity contribution in [2.75, 3.05) is 18.4 Å². The molecular formula is C14H18N2O4. The van der Waals surface area contributed by atoms with Crippen LogP contribution in [0.15, 0.2) is 18.2 Å². The summed E-state index contributed by atoms with van der Waals surface area (Å²) < 4.78 is 0.